The highest BCUT2D eigenvalue weighted by atomic mass is 19.1. The molecule has 0 unspecified atom stereocenters. The molecule has 2 N–H and O–H groups in total. The molecule has 1 aromatic carbocycles. The van der Waals surface area contributed by atoms with Crippen LogP contribution in [0.25, 0.3) is 5.69 Å². The number of para-hydroxylation sites is 1. The Labute approximate surface area is 145 Å². The largest absolute Gasteiger partial charge is 0.337 e. The lowest BCUT2D eigenvalue weighted by Crippen LogP contribution is -2.42. The van der Waals surface area contributed by atoms with Gasteiger partial charge >= 0.3 is 0 Å². The molecule has 6 nitrogen and oxygen atoms in total. The number of amides is 1. The average molecular weight is 344 g/mol. The first-order chi connectivity index (χ1) is 12.0. The number of nitrogens with zero attached hydrogens (tertiary/aromatic N) is 3. The molecule has 1 aliphatic rings. The molecule has 0 radical (unpaired) electrons. The Bertz CT molecular complexity index is 841. The van der Waals surface area contributed by atoms with Crippen LogP contribution < -0.4 is 11.2 Å². The van der Waals surface area contributed by atoms with E-state index in [4.69, 9.17) is 5.73 Å². The van der Waals surface area contributed by atoms with Crippen LogP contribution in [0.3, 0.4) is 0 Å². The zero-order valence-corrected chi connectivity index (χ0v) is 14.1. The Balaban J connectivity index is 1.95. The number of hydrogen-bond donors (Lipinski definition) is 1. The van der Waals surface area contributed by atoms with Crippen molar-refractivity contribution in [2.75, 3.05) is 19.6 Å². The fourth-order valence-corrected chi connectivity index (χ4v) is 3.08. The van der Waals surface area contributed by atoms with Gasteiger partial charge in [-0.15, -0.1) is 0 Å². The van der Waals surface area contributed by atoms with Crippen molar-refractivity contribution in [3.8, 4) is 5.69 Å². The zero-order valence-electron chi connectivity index (χ0n) is 14.1. The van der Waals surface area contributed by atoms with E-state index in [1.54, 1.807) is 30.0 Å². The van der Waals surface area contributed by atoms with Gasteiger partial charge in [-0.1, -0.05) is 12.1 Å². The summed E-state index contributed by atoms with van der Waals surface area (Å²) < 4.78 is 15.4. The Kier molecular flexibility index (Phi) is 4.94. The lowest BCUT2D eigenvalue weighted by Gasteiger charge is -2.31. The van der Waals surface area contributed by atoms with Gasteiger partial charge in [-0.25, -0.2) is 9.07 Å². The maximum absolute atomic E-state index is 14.1. The molecule has 0 atom stereocenters. The van der Waals surface area contributed by atoms with E-state index in [0.29, 0.717) is 31.2 Å². The van der Waals surface area contributed by atoms with E-state index in [-0.39, 0.29) is 11.4 Å². The van der Waals surface area contributed by atoms with Crippen LogP contribution in [-0.4, -0.2) is 40.2 Å². The molecule has 2 aromatic rings. The van der Waals surface area contributed by atoms with Gasteiger partial charge in [-0.3, -0.25) is 9.59 Å². The van der Waals surface area contributed by atoms with E-state index in [1.807, 2.05) is 0 Å². The summed E-state index contributed by atoms with van der Waals surface area (Å²) in [7, 11) is 0. The standard InChI is InChI=1S/C18H21FN4O2/c1-12-10-16(24)17(18(25)22-8-6-13(11-20)7-9-22)21-23(12)15-5-3-2-4-14(15)19/h2-5,10,13H,6-9,11,20H2,1H3. The predicted octanol–water partition coefficient (Wildman–Crippen LogP) is 1.49. The van der Waals surface area contributed by atoms with E-state index in [9.17, 15) is 14.0 Å². The van der Waals surface area contributed by atoms with Crippen LogP contribution in [0, 0.1) is 18.7 Å². The molecule has 132 valence electrons. The van der Waals surface area contributed by atoms with Crippen LogP contribution in [0.15, 0.2) is 35.1 Å². The first kappa shape index (κ1) is 17.3. The fraction of sp³-hybridized carbons (Fsp3) is 0.389. The summed E-state index contributed by atoms with van der Waals surface area (Å²) in [4.78, 5) is 26.6. The summed E-state index contributed by atoms with van der Waals surface area (Å²) in [5.41, 5.74) is 5.71. The second-order valence-electron chi connectivity index (χ2n) is 6.33. The van der Waals surface area contributed by atoms with Crippen molar-refractivity contribution in [2.45, 2.75) is 19.8 Å². The highest BCUT2D eigenvalue weighted by molar-refractivity contribution is 5.92. The Hall–Kier alpha value is -2.54. The summed E-state index contributed by atoms with van der Waals surface area (Å²) in [6.45, 7) is 3.36. The van der Waals surface area contributed by atoms with E-state index in [0.717, 1.165) is 12.8 Å². The van der Waals surface area contributed by atoms with Crippen LogP contribution in [0.4, 0.5) is 4.39 Å². The molecule has 1 fully saturated rings. The number of carbonyl (C=O) groups excluding carboxylic acids is 1. The number of benzene rings is 1. The fourth-order valence-electron chi connectivity index (χ4n) is 3.08. The number of aromatic nitrogens is 2. The Morgan fingerprint density at radius 2 is 2.00 bits per heavy atom. The molecule has 25 heavy (non-hydrogen) atoms. The van der Waals surface area contributed by atoms with Crippen molar-refractivity contribution in [3.05, 3.63) is 57.8 Å². The Morgan fingerprint density at radius 3 is 2.64 bits per heavy atom. The minimum atomic E-state index is -0.469. The van der Waals surface area contributed by atoms with Gasteiger partial charge < -0.3 is 10.6 Å². The third-order valence-corrected chi connectivity index (χ3v) is 4.63. The van der Waals surface area contributed by atoms with Crippen LogP contribution in [0.2, 0.25) is 0 Å². The number of nitrogens with two attached hydrogens (primary N) is 1. The van der Waals surface area contributed by atoms with E-state index < -0.39 is 17.2 Å². The van der Waals surface area contributed by atoms with Crippen molar-refractivity contribution < 1.29 is 9.18 Å². The number of likely N-dealkylation sites (tertiary alicyclic amines) is 1. The topological polar surface area (TPSA) is 81.2 Å². The van der Waals surface area contributed by atoms with Gasteiger partial charge in [0.25, 0.3) is 5.91 Å². The van der Waals surface area contributed by atoms with Gasteiger partial charge in [0.2, 0.25) is 5.43 Å². The summed E-state index contributed by atoms with van der Waals surface area (Å²) in [5.74, 6) is -0.473. The van der Waals surface area contributed by atoms with Crippen molar-refractivity contribution in [3.63, 3.8) is 0 Å². The summed E-state index contributed by atoms with van der Waals surface area (Å²) in [6.07, 6.45) is 1.63. The van der Waals surface area contributed by atoms with Crippen LogP contribution in [-0.2, 0) is 0 Å². The van der Waals surface area contributed by atoms with Crippen LogP contribution in [0.1, 0.15) is 29.0 Å². The average Bonchev–Trinajstić information content (AvgIpc) is 2.62. The monoisotopic (exact) mass is 344 g/mol. The van der Waals surface area contributed by atoms with E-state index in [2.05, 4.69) is 5.10 Å². The number of halogens is 1. The number of aryl methyl sites for hydroxylation is 1. The lowest BCUT2D eigenvalue weighted by atomic mass is 9.97. The van der Waals surface area contributed by atoms with Crippen molar-refractivity contribution >= 4 is 5.91 Å². The second-order valence-corrected chi connectivity index (χ2v) is 6.33. The number of carbonyl (C=O) groups is 1. The number of hydrogen-bond acceptors (Lipinski definition) is 4. The highest BCUT2D eigenvalue weighted by Gasteiger charge is 2.26. The molecule has 0 saturated carbocycles. The highest BCUT2D eigenvalue weighted by Crippen LogP contribution is 2.18. The third-order valence-electron chi connectivity index (χ3n) is 4.63. The number of rotatable bonds is 3. The van der Waals surface area contributed by atoms with Gasteiger partial charge in [-0.05, 0) is 44.4 Å². The number of piperidine rings is 1. The first-order valence-electron chi connectivity index (χ1n) is 8.36. The van der Waals surface area contributed by atoms with Gasteiger partial charge in [0.05, 0.1) is 0 Å². The lowest BCUT2D eigenvalue weighted by molar-refractivity contribution is 0.0684. The Morgan fingerprint density at radius 1 is 1.32 bits per heavy atom. The molecule has 1 aromatic heterocycles. The summed E-state index contributed by atoms with van der Waals surface area (Å²) in [5, 5.41) is 4.17. The molecular formula is C18H21FN4O2. The van der Waals surface area contributed by atoms with Crippen molar-refractivity contribution in [2.24, 2.45) is 11.7 Å². The molecule has 1 amide bonds. The van der Waals surface area contributed by atoms with Gasteiger partial charge in [0, 0.05) is 24.8 Å². The van der Waals surface area contributed by atoms with Crippen LogP contribution >= 0.6 is 0 Å². The smallest absolute Gasteiger partial charge is 0.278 e. The molecule has 0 spiro atoms. The van der Waals surface area contributed by atoms with Crippen molar-refractivity contribution in [1.29, 1.82) is 0 Å². The first-order valence-corrected chi connectivity index (χ1v) is 8.36. The van der Waals surface area contributed by atoms with E-state index >= 15 is 0 Å². The van der Waals surface area contributed by atoms with E-state index in [1.165, 1.54) is 16.8 Å². The summed E-state index contributed by atoms with van der Waals surface area (Å²) in [6, 6.07) is 7.44. The predicted molar refractivity (Wildman–Crippen MR) is 92.2 cm³/mol. The molecular weight excluding hydrogens is 323 g/mol. The van der Waals surface area contributed by atoms with Crippen molar-refractivity contribution in [1.82, 2.24) is 14.7 Å². The third kappa shape index (κ3) is 3.46. The van der Waals surface area contributed by atoms with Gasteiger partial charge in [0.15, 0.2) is 5.69 Å². The minimum Gasteiger partial charge on any atom is -0.337 e. The second kappa shape index (κ2) is 7.14. The maximum Gasteiger partial charge on any atom is 0.278 e. The van der Waals surface area contributed by atoms with Crippen LogP contribution in [0.5, 0.6) is 0 Å². The molecule has 2 heterocycles. The minimum absolute atomic E-state index is 0.181. The normalized spacial score (nSPS) is 15.4. The summed E-state index contributed by atoms with van der Waals surface area (Å²) >= 11 is 0. The maximum atomic E-state index is 14.1. The van der Waals surface area contributed by atoms with Gasteiger partial charge in [0.1, 0.15) is 11.5 Å². The van der Waals surface area contributed by atoms with Gasteiger partial charge in [-0.2, -0.15) is 5.10 Å². The zero-order chi connectivity index (χ0) is 18.0. The molecule has 0 bridgehead atoms. The molecule has 7 heteroatoms. The molecule has 3 rings (SSSR count). The molecule has 0 aliphatic carbocycles. The molecule has 1 saturated heterocycles. The molecule has 1 aliphatic heterocycles. The quantitative estimate of drug-likeness (QED) is 0.915. The SMILES string of the molecule is Cc1cc(=O)c(C(=O)N2CCC(CN)CC2)nn1-c1ccccc1F.